The van der Waals surface area contributed by atoms with Crippen molar-refractivity contribution in [3.05, 3.63) is 0 Å². The fourth-order valence-electron chi connectivity index (χ4n) is 2.94. The number of aliphatic hydroxyl groups is 1. The van der Waals surface area contributed by atoms with Gasteiger partial charge in [-0.3, -0.25) is 0 Å². The van der Waals surface area contributed by atoms with Gasteiger partial charge in [0.25, 0.3) is 0 Å². The second-order valence-electron chi connectivity index (χ2n) is 4.84. The van der Waals surface area contributed by atoms with Crippen molar-refractivity contribution in [1.29, 1.82) is 0 Å². The molecule has 1 saturated carbocycles. The van der Waals surface area contributed by atoms with Crippen LogP contribution in [0.5, 0.6) is 0 Å². The zero-order valence-corrected chi connectivity index (χ0v) is 9.29. The molecule has 1 rings (SSSR count). The predicted molar refractivity (Wildman–Crippen MR) is 56.6 cm³/mol. The van der Waals surface area contributed by atoms with Crippen LogP contribution in [0.25, 0.3) is 0 Å². The van der Waals surface area contributed by atoms with Gasteiger partial charge in [-0.05, 0) is 31.1 Å². The molecule has 1 fully saturated rings. The molecule has 4 atom stereocenters. The highest BCUT2D eigenvalue weighted by molar-refractivity contribution is 4.78. The first-order valence-electron chi connectivity index (χ1n) is 5.83. The highest BCUT2D eigenvalue weighted by atomic mass is 16.3. The molecule has 4 unspecified atom stereocenters. The summed E-state index contributed by atoms with van der Waals surface area (Å²) in [7, 11) is 0. The zero-order chi connectivity index (χ0) is 9.84. The van der Waals surface area contributed by atoms with Crippen molar-refractivity contribution in [2.75, 3.05) is 0 Å². The van der Waals surface area contributed by atoms with Gasteiger partial charge in [0.15, 0.2) is 0 Å². The lowest BCUT2D eigenvalue weighted by Crippen LogP contribution is -2.28. The van der Waals surface area contributed by atoms with E-state index in [1.807, 2.05) is 6.92 Å². The number of aliphatic hydroxyl groups excluding tert-OH is 1. The van der Waals surface area contributed by atoms with E-state index in [2.05, 4.69) is 13.8 Å². The molecular weight excluding hydrogens is 160 g/mol. The molecule has 0 bridgehead atoms. The molecule has 0 aromatic rings. The summed E-state index contributed by atoms with van der Waals surface area (Å²) in [5.41, 5.74) is 0. The summed E-state index contributed by atoms with van der Waals surface area (Å²) in [5, 5.41) is 9.65. The Hall–Kier alpha value is -0.0400. The van der Waals surface area contributed by atoms with Gasteiger partial charge in [-0.1, -0.05) is 39.5 Å². The normalized spacial score (nSPS) is 34.2. The van der Waals surface area contributed by atoms with Gasteiger partial charge in [-0.15, -0.1) is 0 Å². The van der Waals surface area contributed by atoms with Crippen LogP contribution < -0.4 is 0 Å². The van der Waals surface area contributed by atoms with Crippen LogP contribution in [0.4, 0.5) is 0 Å². The van der Waals surface area contributed by atoms with E-state index < -0.39 is 0 Å². The third kappa shape index (κ3) is 2.98. The van der Waals surface area contributed by atoms with Crippen molar-refractivity contribution >= 4 is 0 Å². The summed E-state index contributed by atoms with van der Waals surface area (Å²) in [4.78, 5) is 0. The van der Waals surface area contributed by atoms with Crippen LogP contribution in [0.15, 0.2) is 0 Å². The van der Waals surface area contributed by atoms with Gasteiger partial charge in [0, 0.05) is 0 Å². The van der Waals surface area contributed by atoms with Gasteiger partial charge in [-0.25, -0.2) is 0 Å². The molecule has 1 nitrogen and oxygen atoms in total. The Kier molecular flexibility index (Phi) is 4.24. The monoisotopic (exact) mass is 184 g/mol. The Labute approximate surface area is 82.5 Å². The van der Waals surface area contributed by atoms with E-state index in [0.29, 0.717) is 5.92 Å². The molecule has 0 saturated heterocycles. The van der Waals surface area contributed by atoms with E-state index in [0.717, 1.165) is 18.3 Å². The maximum absolute atomic E-state index is 9.65. The van der Waals surface area contributed by atoms with Crippen molar-refractivity contribution < 1.29 is 5.11 Å². The van der Waals surface area contributed by atoms with Gasteiger partial charge < -0.3 is 5.11 Å². The number of hydrogen-bond donors (Lipinski definition) is 1. The first-order chi connectivity index (χ1) is 6.15. The van der Waals surface area contributed by atoms with Crippen molar-refractivity contribution in [2.45, 2.75) is 59.0 Å². The number of rotatable bonds is 3. The van der Waals surface area contributed by atoms with Crippen LogP contribution in [0.2, 0.25) is 0 Å². The molecule has 78 valence electrons. The molecule has 1 N–H and O–H groups in total. The number of hydrogen-bond acceptors (Lipinski definition) is 1. The quantitative estimate of drug-likeness (QED) is 0.714. The minimum Gasteiger partial charge on any atom is -0.393 e. The highest BCUT2D eigenvalue weighted by Crippen LogP contribution is 2.36. The predicted octanol–water partition coefficient (Wildman–Crippen LogP) is 3.22. The smallest absolute Gasteiger partial charge is 0.0542 e. The molecule has 0 spiro atoms. The minimum atomic E-state index is -0.111. The Bertz CT molecular complexity index is 142. The van der Waals surface area contributed by atoms with Gasteiger partial charge in [0.2, 0.25) is 0 Å². The third-order valence-electron chi connectivity index (χ3n) is 3.67. The summed E-state index contributed by atoms with van der Waals surface area (Å²) in [5.74, 6) is 2.21. The Morgan fingerprint density at radius 1 is 1.38 bits per heavy atom. The standard InChI is InChI=1S/C12H24O/c1-4-12(10(3)13)11-7-5-6-9(2)8-11/h9-13H,4-8H2,1-3H3. The fraction of sp³-hybridized carbons (Fsp3) is 1.00. The van der Waals surface area contributed by atoms with E-state index in [4.69, 9.17) is 0 Å². The molecule has 1 aliphatic rings. The first-order valence-corrected chi connectivity index (χ1v) is 5.83. The summed E-state index contributed by atoms with van der Waals surface area (Å²) in [6.45, 7) is 6.50. The van der Waals surface area contributed by atoms with Crippen molar-refractivity contribution in [1.82, 2.24) is 0 Å². The SMILES string of the molecule is CCC(C(C)O)C1CCCC(C)C1. The van der Waals surface area contributed by atoms with Crippen molar-refractivity contribution in [3.63, 3.8) is 0 Å². The molecule has 0 aromatic heterocycles. The van der Waals surface area contributed by atoms with E-state index in [1.165, 1.54) is 25.7 Å². The van der Waals surface area contributed by atoms with E-state index in [-0.39, 0.29) is 6.10 Å². The molecule has 0 heterocycles. The lowest BCUT2D eigenvalue weighted by atomic mass is 9.73. The molecular formula is C12H24O. The third-order valence-corrected chi connectivity index (χ3v) is 3.67. The molecule has 13 heavy (non-hydrogen) atoms. The van der Waals surface area contributed by atoms with Crippen LogP contribution in [0.1, 0.15) is 52.9 Å². The lowest BCUT2D eigenvalue weighted by Gasteiger charge is -2.34. The Morgan fingerprint density at radius 3 is 2.54 bits per heavy atom. The average Bonchev–Trinajstić information content (AvgIpc) is 2.04. The lowest BCUT2D eigenvalue weighted by molar-refractivity contribution is 0.0608. The van der Waals surface area contributed by atoms with E-state index in [1.54, 1.807) is 0 Å². The Morgan fingerprint density at radius 2 is 2.08 bits per heavy atom. The van der Waals surface area contributed by atoms with Crippen LogP contribution in [-0.4, -0.2) is 11.2 Å². The first kappa shape index (κ1) is 11.0. The molecule has 0 aliphatic heterocycles. The summed E-state index contributed by atoms with van der Waals surface area (Å²) < 4.78 is 0. The van der Waals surface area contributed by atoms with Gasteiger partial charge >= 0.3 is 0 Å². The summed E-state index contributed by atoms with van der Waals surface area (Å²) in [6, 6.07) is 0. The van der Waals surface area contributed by atoms with Crippen LogP contribution in [0, 0.1) is 17.8 Å². The van der Waals surface area contributed by atoms with Crippen LogP contribution in [0.3, 0.4) is 0 Å². The largest absolute Gasteiger partial charge is 0.393 e. The fourth-order valence-corrected chi connectivity index (χ4v) is 2.94. The van der Waals surface area contributed by atoms with Gasteiger partial charge in [0.1, 0.15) is 0 Å². The topological polar surface area (TPSA) is 20.2 Å². The maximum atomic E-state index is 9.65. The van der Waals surface area contributed by atoms with Crippen LogP contribution in [-0.2, 0) is 0 Å². The van der Waals surface area contributed by atoms with Gasteiger partial charge in [0.05, 0.1) is 6.10 Å². The molecule has 0 amide bonds. The Balaban J connectivity index is 2.47. The summed E-state index contributed by atoms with van der Waals surface area (Å²) >= 11 is 0. The van der Waals surface area contributed by atoms with E-state index in [9.17, 15) is 5.11 Å². The highest BCUT2D eigenvalue weighted by Gasteiger charge is 2.28. The summed E-state index contributed by atoms with van der Waals surface area (Å²) in [6.07, 6.45) is 6.47. The van der Waals surface area contributed by atoms with Crippen molar-refractivity contribution in [3.8, 4) is 0 Å². The average molecular weight is 184 g/mol. The van der Waals surface area contributed by atoms with Gasteiger partial charge in [-0.2, -0.15) is 0 Å². The molecule has 0 radical (unpaired) electrons. The van der Waals surface area contributed by atoms with E-state index >= 15 is 0 Å². The second kappa shape index (κ2) is 4.99. The van der Waals surface area contributed by atoms with Crippen LogP contribution >= 0.6 is 0 Å². The molecule has 0 aromatic carbocycles. The molecule has 1 aliphatic carbocycles. The molecule has 1 heteroatoms. The van der Waals surface area contributed by atoms with Crippen molar-refractivity contribution in [2.24, 2.45) is 17.8 Å². The minimum absolute atomic E-state index is 0.111. The maximum Gasteiger partial charge on any atom is 0.0542 e. The zero-order valence-electron chi connectivity index (χ0n) is 9.29. The second-order valence-corrected chi connectivity index (χ2v) is 4.84.